The second-order valence-electron chi connectivity index (χ2n) is 6.18. The summed E-state index contributed by atoms with van der Waals surface area (Å²) in [6, 6.07) is 5.88. The lowest BCUT2D eigenvalue weighted by Crippen LogP contribution is -2.47. The molecule has 9 heteroatoms. The Morgan fingerprint density at radius 2 is 2.07 bits per heavy atom. The third-order valence-corrected chi connectivity index (χ3v) is 4.59. The third kappa shape index (κ3) is 4.23. The van der Waals surface area contributed by atoms with Gasteiger partial charge in [0.25, 0.3) is 5.91 Å². The lowest BCUT2D eigenvalue weighted by molar-refractivity contribution is -0.132. The molecule has 2 amide bonds. The number of amides is 2. The number of halogens is 2. The summed E-state index contributed by atoms with van der Waals surface area (Å²) in [6.45, 7) is 3.40. The molecule has 1 fully saturated rings. The van der Waals surface area contributed by atoms with Crippen LogP contribution in [0, 0.1) is 5.95 Å². The molecule has 1 aliphatic heterocycles. The summed E-state index contributed by atoms with van der Waals surface area (Å²) in [7, 11) is 1.44. The van der Waals surface area contributed by atoms with Crippen LogP contribution in [0.4, 0.5) is 4.39 Å². The van der Waals surface area contributed by atoms with Gasteiger partial charge in [-0.2, -0.15) is 4.39 Å². The van der Waals surface area contributed by atoms with Gasteiger partial charge in [0.15, 0.2) is 0 Å². The van der Waals surface area contributed by atoms with E-state index in [-0.39, 0.29) is 22.8 Å². The predicted octanol–water partition coefficient (Wildman–Crippen LogP) is 1.79. The fourth-order valence-electron chi connectivity index (χ4n) is 3.13. The van der Waals surface area contributed by atoms with Gasteiger partial charge in [-0.1, -0.05) is 11.6 Å². The van der Waals surface area contributed by atoms with Crippen LogP contribution in [0.1, 0.15) is 29.0 Å². The van der Waals surface area contributed by atoms with E-state index in [1.54, 1.807) is 17.0 Å². The van der Waals surface area contributed by atoms with Crippen LogP contribution in [0.5, 0.6) is 0 Å². The minimum atomic E-state index is -0.792. The van der Waals surface area contributed by atoms with E-state index >= 15 is 0 Å². The van der Waals surface area contributed by atoms with Gasteiger partial charge in [-0.3, -0.25) is 9.59 Å². The average molecular weight is 392 g/mol. The van der Waals surface area contributed by atoms with Gasteiger partial charge in [0.05, 0.1) is 11.7 Å². The van der Waals surface area contributed by atoms with Gasteiger partial charge in [-0.15, -0.1) is 0 Å². The summed E-state index contributed by atoms with van der Waals surface area (Å²) in [5.41, 5.74) is 1.51. The highest BCUT2D eigenvalue weighted by Crippen LogP contribution is 2.29. The zero-order chi connectivity index (χ0) is 19.6. The molecule has 3 heterocycles. The number of rotatable bonds is 3. The molecule has 0 saturated carbocycles. The maximum absolute atomic E-state index is 13.9. The fourth-order valence-corrected chi connectivity index (χ4v) is 3.34. The quantitative estimate of drug-likeness (QED) is 0.779. The highest BCUT2D eigenvalue weighted by molar-refractivity contribution is 6.29. The second-order valence-corrected chi connectivity index (χ2v) is 6.57. The maximum Gasteiger partial charge on any atom is 0.269 e. The molecule has 1 saturated heterocycles. The molecule has 2 N–H and O–H groups in total. The Morgan fingerprint density at radius 3 is 2.78 bits per heavy atom. The van der Waals surface area contributed by atoms with Crippen molar-refractivity contribution in [2.24, 2.45) is 0 Å². The van der Waals surface area contributed by atoms with E-state index in [0.29, 0.717) is 30.9 Å². The first-order chi connectivity index (χ1) is 12.9. The Balaban J connectivity index is 2.05. The summed E-state index contributed by atoms with van der Waals surface area (Å²) in [5, 5.41) is 5.89. The fraction of sp³-hybridized carbons (Fsp3) is 0.333. The van der Waals surface area contributed by atoms with Crippen LogP contribution in [0.25, 0.3) is 11.3 Å². The standard InChI is InChI=1S/C18H19ClFN5O2/c1-10(26)25-4-3-22-9-15(25)12-6-13(23-16(19)7-12)11-5-14(18(27)21-2)24-17(20)8-11/h5-8,15,22H,3-4,9H2,1-2H3,(H,21,27). The largest absolute Gasteiger partial charge is 0.354 e. The first kappa shape index (κ1) is 19.2. The summed E-state index contributed by atoms with van der Waals surface area (Å²) in [4.78, 5) is 33.4. The first-order valence-electron chi connectivity index (χ1n) is 8.44. The van der Waals surface area contributed by atoms with Gasteiger partial charge >= 0.3 is 0 Å². The third-order valence-electron chi connectivity index (χ3n) is 4.40. The van der Waals surface area contributed by atoms with E-state index in [0.717, 1.165) is 5.56 Å². The zero-order valence-electron chi connectivity index (χ0n) is 14.9. The van der Waals surface area contributed by atoms with Crippen LogP contribution in [0.3, 0.4) is 0 Å². The number of hydrogen-bond acceptors (Lipinski definition) is 5. The van der Waals surface area contributed by atoms with Gasteiger partial charge in [0, 0.05) is 45.2 Å². The molecule has 1 aliphatic rings. The van der Waals surface area contributed by atoms with Crippen molar-refractivity contribution >= 4 is 23.4 Å². The molecule has 0 radical (unpaired) electrons. The monoisotopic (exact) mass is 391 g/mol. The van der Waals surface area contributed by atoms with Crippen LogP contribution in [-0.2, 0) is 4.79 Å². The van der Waals surface area contributed by atoms with Gasteiger partial charge in [-0.05, 0) is 23.8 Å². The molecular formula is C18H19ClFN5O2. The van der Waals surface area contributed by atoms with Crippen molar-refractivity contribution in [3.8, 4) is 11.3 Å². The Kier molecular flexibility index (Phi) is 5.67. The lowest BCUT2D eigenvalue weighted by atomic mass is 10.0. The van der Waals surface area contributed by atoms with Crippen molar-refractivity contribution < 1.29 is 14.0 Å². The second kappa shape index (κ2) is 7.98. The summed E-state index contributed by atoms with van der Waals surface area (Å²) < 4.78 is 13.9. The van der Waals surface area contributed by atoms with Gasteiger partial charge in [0.1, 0.15) is 10.8 Å². The lowest BCUT2D eigenvalue weighted by Gasteiger charge is -2.36. The molecule has 0 bridgehead atoms. The number of carbonyl (C=O) groups is 2. The minimum Gasteiger partial charge on any atom is -0.354 e. The topological polar surface area (TPSA) is 87.2 Å². The highest BCUT2D eigenvalue weighted by Gasteiger charge is 2.26. The minimum absolute atomic E-state index is 0.0344. The molecule has 2 aromatic heterocycles. The summed E-state index contributed by atoms with van der Waals surface area (Å²) >= 11 is 6.19. The van der Waals surface area contributed by atoms with Gasteiger partial charge < -0.3 is 15.5 Å². The molecule has 0 aromatic carbocycles. The number of hydrogen-bond donors (Lipinski definition) is 2. The molecule has 27 heavy (non-hydrogen) atoms. The van der Waals surface area contributed by atoms with E-state index in [9.17, 15) is 14.0 Å². The number of pyridine rings is 2. The number of aromatic nitrogens is 2. The summed E-state index contributed by atoms with van der Waals surface area (Å²) in [5.74, 6) is -1.33. The molecule has 0 spiro atoms. The van der Waals surface area contributed by atoms with Crippen molar-refractivity contribution in [2.45, 2.75) is 13.0 Å². The number of nitrogens with one attached hydrogen (secondary N) is 2. The van der Waals surface area contributed by atoms with E-state index in [1.807, 2.05) is 0 Å². The van der Waals surface area contributed by atoms with E-state index in [4.69, 9.17) is 11.6 Å². The maximum atomic E-state index is 13.9. The molecule has 1 atom stereocenters. The van der Waals surface area contributed by atoms with Crippen LogP contribution < -0.4 is 10.6 Å². The molecule has 2 aromatic rings. The van der Waals surface area contributed by atoms with Crippen LogP contribution >= 0.6 is 11.6 Å². The Labute approximate surface area is 160 Å². The smallest absolute Gasteiger partial charge is 0.269 e. The molecule has 0 aliphatic carbocycles. The number of carbonyl (C=O) groups excluding carboxylic acids is 2. The van der Waals surface area contributed by atoms with Crippen molar-refractivity contribution in [3.63, 3.8) is 0 Å². The van der Waals surface area contributed by atoms with E-state index < -0.39 is 11.9 Å². The van der Waals surface area contributed by atoms with E-state index in [2.05, 4.69) is 20.6 Å². The Hall–Kier alpha value is -2.58. The molecular weight excluding hydrogens is 373 g/mol. The predicted molar refractivity (Wildman–Crippen MR) is 98.8 cm³/mol. The molecule has 7 nitrogen and oxygen atoms in total. The zero-order valence-corrected chi connectivity index (χ0v) is 15.7. The normalized spacial score (nSPS) is 16.9. The van der Waals surface area contributed by atoms with Crippen molar-refractivity contribution in [1.29, 1.82) is 0 Å². The van der Waals surface area contributed by atoms with Crippen molar-refractivity contribution in [2.75, 3.05) is 26.7 Å². The summed E-state index contributed by atoms with van der Waals surface area (Å²) in [6.07, 6.45) is 0. The van der Waals surface area contributed by atoms with Gasteiger partial charge in [-0.25, -0.2) is 9.97 Å². The Morgan fingerprint density at radius 1 is 1.30 bits per heavy atom. The molecule has 3 rings (SSSR count). The molecule has 1 unspecified atom stereocenters. The Bertz CT molecular complexity index is 892. The van der Waals surface area contributed by atoms with E-state index in [1.165, 1.54) is 26.1 Å². The van der Waals surface area contributed by atoms with Crippen molar-refractivity contribution in [3.05, 3.63) is 46.6 Å². The SMILES string of the molecule is CNC(=O)c1cc(-c2cc(C3CNCCN3C(C)=O)cc(Cl)n2)cc(F)n1. The number of nitrogens with zero attached hydrogens (tertiary/aromatic N) is 3. The van der Waals surface area contributed by atoms with Crippen LogP contribution in [0.15, 0.2) is 24.3 Å². The van der Waals surface area contributed by atoms with Crippen LogP contribution in [0.2, 0.25) is 5.15 Å². The average Bonchev–Trinajstić information content (AvgIpc) is 2.66. The number of piperazine rings is 1. The highest BCUT2D eigenvalue weighted by atomic mass is 35.5. The van der Waals surface area contributed by atoms with Crippen LogP contribution in [-0.4, -0.2) is 53.4 Å². The molecule has 142 valence electrons. The van der Waals surface area contributed by atoms with Gasteiger partial charge in [0.2, 0.25) is 11.9 Å². The first-order valence-corrected chi connectivity index (χ1v) is 8.82. The van der Waals surface area contributed by atoms with Crippen molar-refractivity contribution in [1.82, 2.24) is 25.5 Å².